The van der Waals surface area contributed by atoms with Crippen molar-refractivity contribution in [3.05, 3.63) is 0 Å². The lowest BCUT2D eigenvalue weighted by atomic mass is 9.80. The van der Waals surface area contributed by atoms with Crippen LogP contribution in [0.15, 0.2) is 0 Å². The first-order chi connectivity index (χ1) is 9.67. The van der Waals surface area contributed by atoms with Crippen LogP contribution in [0.1, 0.15) is 32.6 Å². The molecule has 0 radical (unpaired) electrons. The molecule has 2 N–H and O–H groups in total. The van der Waals surface area contributed by atoms with Crippen LogP contribution < -0.4 is 10.6 Å². The van der Waals surface area contributed by atoms with Crippen molar-refractivity contribution in [2.75, 3.05) is 39.3 Å². The number of nitrogens with one attached hydrogen (secondary N) is 2. The van der Waals surface area contributed by atoms with E-state index in [9.17, 15) is 4.79 Å². The zero-order valence-electron chi connectivity index (χ0n) is 12.5. The first-order valence-corrected chi connectivity index (χ1v) is 8.02. The number of amides is 1. The molecular formula is C15H27N3O2. The van der Waals surface area contributed by atoms with Gasteiger partial charge in [-0.2, -0.15) is 0 Å². The summed E-state index contributed by atoms with van der Waals surface area (Å²) in [5.74, 6) is 0.200. The summed E-state index contributed by atoms with van der Waals surface area (Å²) < 4.78 is 5.89. The van der Waals surface area contributed by atoms with Crippen LogP contribution in [-0.4, -0.2) is 62.3 Å². The van der Waals surface area contributed by atoms with Crippen LogP contribution >= 0.6 is 0 Å². The summed E-state index contributed by atoms with van der Waals surface area (Å²) in [6.45, 7) is 7.64. The van der Waals surface area contributed by atoms with E-state index in [4.69, 9.17) is 4.74 Å². The molecule has 3 rings (SSSR count). The van der Waals surface area contributed by atoms with Gasteiger partial charge in [0.25, 0.3) is 0 Å². The van der Waals surface area contributed by atoms with E-state index in [0.717, 1.165) is 39.1 Å². The van der Waals surface area contributed by atoms with Crippen molar-refractivity contribution >= 4 is 5.91 Å². The highest BCUT2D eigenvalue weighted by Gasteiger charge is 2.36. The van der Waals surface area contributed by atoms with Crippen molar-refractivity contribution in [1.82, 2.24) is 15.5 Å². The molecular weight excluding hydrogens is 254 g/mol. The van der Waals surface area contributed by atoms with Gasteiger partial charge < -0.3 is 15.4 Å². The first kappa shape index (κ1) is 14.3. The average Bonchev–Trinajstić information content (AvgIpc) is 2.93. The quantitative estimate of drug-likeness (QED) is 0.784. The Morgan fingerprint density at radius 2 is 2.25 bits per heavy atom. The van der Waals surface area contributed by atoms with Crippen molar-refractivity contribution < 1.29 is 9.53 Å². The van der Waals surface area contributed by atoms with Crippen LogP contribution in [0.3, 0.4) is 0 Å². The molecule has 2 unspecified atom stereocenters. The molecule has 3 fully saturated rings. The molecule has 0 aromatic heterocycles. The molecule has 0 aromatic rings. The molecule has 114 valence electrons. The van der Waals surface area contributed by atoms with Crippen molar-refractivity contribution in [3.63, 3.8) is 0 Å². The molecule has 3 aliphatic heterocycles. The number of nitrogens with zero attached hydrogens (tertiary/aromatic N) is 1. The van der Waals surface area contributed by atoms with Crippen molar-refractivity contribution in [3.8, 4) is 0 Å². The highest BCUT2D eigenvalue weighted by molar-refractivity contribution is 5.82. The van der Waals surface area contributed by atoms with Gasteiger partial charge in [0.15, 0.2) is 0 Å². The SMILES string of the molecule is CC1(C(=O)NCC2CN3CCCC3CO2)CCNCC1. The second-order valence-electron chi connectivity index (χ2n) is 6.77. The van der Waals surface area contributed by atoms with E-state index < -0.39 is 0 Å². The predicted octanol–water partition coefficient (Wildman–Crippen LogP) is 0.356. The molecule has 3 saturated heterocycles. The van der Waals surface area contributed by atoms with Crippen LogP contribution in [0.4, 0.5) is 0 Å². The lowest BCUT2D eigenvalue weighted by Crippen LogP contribution is -2.52. The number of carbonyl (C=O) groups excluding carboxylic acids is 1. The monoisotopic (exact) mass is 281 g/mol. The lowest BCUT2D eigenvalue weighted by molar-refractivity contribution is -0.133. The largest absolute Gasteiger partial charge is 0.373 e. The smallest absolute Gasteiger partial charge is 0.226 e. The number of ether oxygens (including phenoxy) is 1. The van der Waals surface area contributed by atoms with Crippen LogP contribution in [0.5, 0.6) is 0 Å². The maximum absolute atomic E-state index is 12.4. The molecule has 0 saturated carbocycles. The van der Waals surface area contributed by atoms with E-state index in [1.54, 1.807) is 0 Å². The molecule has 0 spiro atoms. The molecule has 20 heavy (non-hydrogen) atoms. The Bertz CT molecular complexity index is 355. The van der Waals surface area contributed by atoms with Gasteiger partial charge in [0.1, 0.15) is 0 Å². The van der Waals surface area contributed by atoms with Crippen LogP contribution in [-0.2, 0) is 9.53 Å². The van der Waals surface area contributed by atoms with Gasteiger partial charge in [-0.1, -0.05) is 6.92 Å². The van der Waals surface area contributed by atoms with Gasteiger partial charge in [-0.25, -0.2) is 0 Å². The van der Waals surface area contributed by atoms with Gasteiger partial charge in [0.2, 0.25) is 5.91 Å². The van der Waals surface area contributed by atoms with Crippen molar-refractivity contribution in [1.29, 1.82) is 0 Å². The molecule has 3 heterocycles. The number of hydrogen-bond acceptors (Lipinski definition) is 4. The molecule has 2 atom stereocenters. The maximum atomic E-state index is 12.4. The summed E-state index contributed by atoms with van der Waals surface area (Å²) in [5.41, 5.74) is -0.198. The summed E-state index contributed by atoms with van der Waals surface area (Å²) in [7, 11) is 0. The van der Waals surface area contributed by atoms with Crippen LogP contribution in [0.2, 0.25) is 0 Å². The number of hydrogen-bond donors (Lipinski definition) is 2. The average molecular weight is 281 g/mol. The Morgan fingerprint density at radius 3 is 3.05 bits per heavy atom. The number of rotatable bonds is 3. The normalized spacial score (nSPS) is 33.6. The molecule has 3 aliphatic rings. The second kappa shape index (κ2) is 6.00. The zero-order valence-corrected chi connectivity index (χ0v) is 12.5. The summed E-state index contributed by atoms with van der Waals surface area (Å²) in [6, 6.07) is 0.629. The van der Waals surface area contributed by atoms with E-state index in [-0.39, 0.29) is 17.4 Å². The first-order valence-electron chi connectivity index (χ1n) is 8.02. The summed E-state index contributed by atoms with van der Waals surface area (Å²) >= 11 is 0. The van der Waals surface area contributed by atoms with E-state index in [2.05, 4.69) is 22.5 Å². The highest BCUT2D eigenvalue weighted by atomic mass is 16.5. The van der Waals surface area contributed by atoms with Crippen molar-refractivity contribution in [2.45, 2.75) is 44.8 Å². The zero-order chi connectivity index (χ0) is 14.0. The third kappa shape index (κ3) is 3.00. The summed E-state index contributed by atoms with van der Waals surface area (Å²) in [4.78, 5) is 14.9. The molecule has 0 aromatic carbocycles. The Kier molecular flexibility index (Phi) is 4.29. The van der Waals surface area contributed by atoms with Gasteiger partial charge in [-0.05, 0) is 45.3 Å². The highest BCUT2D eigenvalue weighted by Crippen LogP contribution is 2.28. The van der Waals surface area contributed by atoms with E-state index in [1.165, 1.54) is 19.4 Å². The molecule has 5 nitrogen and oxygen atoms in total. The fourth-order valence-corrected chi connectivity index (χ4v) is 3.63. The van der Waals surface area contributed by atoms with E-state index in [0.29, 0.717) is 12.6 Å². The number of piperidine rings is 1. The second-order valence-corrected chi connectivity index (χ2v) is 6.77. The van der Waals surface area contributed by atoms with Crippen molar-refractivity contribution in [2.24, 2.45) is 5.41 Å². The minimum atomic E-state index is -0.198. The minimum Gasteiger partial charge on any atom is -0.373 e. The Morgan fingerprint density at radius 1 is 1.45 bits per heavy atom. The number of morpholine rings is 1. The number of fused-ring (bicyclic) bond motifs is 1. The maximum Gasteiger partial charge on any atom is 0.226 e. The Labute approximate surface area is 121 Å². The van der Waals surface area contributed by atoms with Gasteiger partial charge in [0, 0.05) is 24.5 Å². The lowest BCUT2D eigenvalue weighted by Gasteiger charge is -2.36. The fraction of sp³-hybridized carbons (Fsp3) is 0.933. The van der Waals surface area contributed by atoms with Gasteiger partial charge >= 0.3 is 0 Å². The third-order valence-corrected chi connectivity index (χ3v) is 5.21. The molecule has 5 heteroatoms. The Hall–Kier alpha value is -0.650. The van der Waals surface area contributed by atoms with Crippen LogP contribution in [0.25, 0.3) is 0 Å². The van der Waals surface area contributed by atoms with E-state index in [1.807, 2.05) is 0 Å². The molecule has 1 amide bonds. The minimum absolute atomic E-state index is 0.165. The molecule has 0 aliphatic carbocycles. The predicted molar refractivity (Wildman–Crippen MR) is 77.6 cm³/mol. The standard InChI is InChI=1S/C15H27N3O2/c1-15(4-6-16-7-5-15)14(19)17-9-13-10-18-8-2-3-12(18)11-20-13/h12-13,16H,2-11H2,1H3,(H,17,19). The summed E-state index contributed by atoms with van der Waals surface area (Å²) in [5, 5.41) is 6.44. The van der Waals surface area contributed by atoms with Gasteiger partial charge in [-0.15, -0.1) is 0 Å². The topological polar surface area (TPSA) is 53.6 Å². The Balaban J connectivity index is 1.45. The third-order valence-electron chi connectivity index (χ3n) is 5.21. The number of carbonyl (C=O) groups is 1. The molecule has 0 bridgehead atoms. The fourth-order valence-electron chi connectivity index (χ4n) is 3.63. The summed E-state index contributed by atoms with van der Waals surface area (Å²) in [6.07, 6.45) is 4.58. The van der Waals surface area contributed by atoms with Crippen LogP contribution in [0, 0.1) is 5.41 Å². The van der Waals surface area contributed by atoms with Gasteiger partial charge in [-0.3, -0.25) is 9.69 Å². The van der Waals surface area contributed by atoms with Gasteiger partial charge in [0.05, 0.1) is 12.7 Å². The van der Waals surface area contributed by atoms with E-state index >= 15 is 0 Å².